The van der Waals surface area contributed by atoms with E-state index >= 15 is 0 Å². The van der Waals surface area contributed by atoms with Crippen LogP contribution < -0.4 is 0 Å². The number of halogens is 1. The Morgan fingerprint density at radius 1 is 1.14 bits per heavy atom. The average Bonchev–Trinajstić information content (AvgIpc) is 2.90. The molecule has 3 aromatic rings. The molecule has 4 heteroatoms. The van der Waals surface area contributed by atoms with Crippen LogP contribution in [0.2, 0.25) is 5.02 Å². The van der Waals surface area contributed by atoms with Crippen molar-refractivity contribution in [2.75, 3.05) is 0 Å². The molecule has 0 aliphatic heterocycles. The highest BCUT2D eigenvalue weighted by molar-refractivity contribution is 6.33. The first kappa shape index (κ1) is 13.7. The molecule has 0 radical (unpaired) electrons. The number of carbonyl (C=O) groups is 1. The predicted molar refractivity (Wildman–Crippen MR) is 82.7 cm³/mol. The second-order valence-corrected chi connectivity index (χ2v) is 5.32. The molecule has 0 spiro atoms. The molecule has 0 bridgehead atoms. The molecule has 0 saturated carbocycles. The number of fused-ring (bicyclic) bond motifs is 1. The largest absolute Gasteiger partial charge is 0.481 e. The van der Waals surface area contributed by atoms with E-state index < -0.39 is 11.9 Å². The molecular formula is C17H13ClO3. The molecule has 2 aromatic carbocycles. The highest BCUT2D eigenvalue weighted by atomic mass is 35.5. The second-order valence-electron chi connectivity index (χ2n) is 4.91. The molecule has 0 saturated heterocycles. The van der Waals surface area contributed by atoms with Crippen molar-refractivity contribution in [3.63, 3.8) is 0 Å². The zero-order valence-corrected chi connectivity index (χ0v) is 12.1. The fourth-order valence-corrected chi connectivity index (χ4v) is 2.68. The van der Waals surface area contributed by atoms with Gasteiger partial charge in [0.05, 0.1) is 12.2 Å². The van der Waals surface area contributed by atoms with E-state index in [1.165, 1.54) is 0 Å². The van der Waals surface area contributed by atoms with Crippen molar-refractivity contribution in [2.45, 2.75) is 12.8 Å². The zero-order valence-electron chi connectivity index (χ0n) is 11.3. The summed E-state index contributed by atoms with van der Waals surface area (Å²) in [4.78, 5) is 11.2. The number of carboxylic acids is 1. The fraction of sp³-hybridized carbons (Fsp3) is 0.118. The summed E-state index contributed by atoms with van der Waals surface area (Å²) in [6.07, 6.45) is 1.63. The Balaban J connectivity index is 2.23. The predicted octanol–water partition coefficient (Wildman–Crippen LogP) is 4.94. The van der Waals surface area contributed by atoms with Crippen LogP contribution >= 0.6 is 11.6 Å². The third kappa shape index (κ3) is 2.30. The number of hydrogen-bond donors (Lipinski definition) is 1. The summed E-state index contributed by atoms with van der Waals surface area (Å²) in [5, 5.41) is 10.7. The van der Waals surface area contributed by atoms with Gasteiger partial charge in [0, 0.05) is 27.1 Å². The van der Waals surface area contributed by atoms with Gasteiger partial charge in [-0.25, -0.2) is 0 Å². The van der Waals surface area contributed by atoms with Gasteiger partial charge < -0.3 is 9.52 Å². The first-order valence-electron chi connectivity index (χ1n) is 6.57. The van der Waals surface area contributed by atoms with Gasteiger partial charge in [-0.3, -0.25) is 4.79 Å². The Bertz CT molecular complexity index is 820. The minimum Gasteiger partial charge on any atom is -0.481 e. The molecule has 0 aliphatic rings. The van der Waals surface area contributed by atoms with Crippen molar-refractivity contribution in [3.05, 3.63) is 59.3 Å². The summed E-state index contributed by atoms with van der Waals surface area (Å²) in [6.45, 7) is 1.65. The molecule has 1 heterocycles. The molecule has 106 valence electrons. The lowest BCUT2D eigenvalue weighted by Gasteiger charge is -2.07. The van der Waals surface area contributed by atoms with Gasteiger partial charge in [-0.05, 0) is 13.0 Å². The van der Waals surface area contributed by atoms with E-state index in [2.05, 4.69) is 0 Å². The molecule has 0 unspecified atom stereocenters. The highest BCUT2D eigenvalue weighted by Gasteiger charge is 2.20. The molecule has 1 N–H and O–H groups in total. The van der Waals surface area contributed by atoms with Crippen LogP contribution in [0.3, 0.4) is 0 Å². The van der Waals surface area contributed by atoms with Crippen molar-refractivity contribution in [3.8, 4) is 11.1 Å². The minimum atomic E-state index is -0.877. The smallest absolute Gasteiger partial charge is 0.310 e. The fourth-order valence-electron chi connectivity index (χ4n) is 2.44. The average molecular weight is 301 g/mol. The summed E-state index contributed by atoms with van der Waals surface area (Å²) in [7, 11) is 0. The molecule has 3 rings (SSSR count). The van der Waals surface area contributed by atoms with Crippen LogP contribution in [0.1, 0.15) is 18.4 Å². The van der Waals surface area contributed by atoms with Crippen LogP contribution in [0, 0.1) is 0 Å². The van der Waals surface area contributed by atoms with Gasteiger partial charge in [0.2, 0.25) is 0 Å². The maximum atomic E-state index is 11.2. The Kier molecular flexibility index (Phi) is 3.43. The quantitative estimate of drug-likeness (QED) is 0.745. The van der Waals surface area contributed by atoms with E-state index in [0.29, 0.717) is 16.2 Å². The number of hydrogen-bond acceptors (Lipinski definition) is 2. The van der Waals surface area contributed by atoms with Crippen molar-refractivity contribution in [1.82, 2.24) is 0 Å². The molecule has 1 aromatic heterocycles. The lowest BCUT2D eigenvalue weighted by Crippen LogP contribution is -2.07. The third-order valence-electron chi connectivity index (χ3n) is 3.63. The van der Waals surface area contributed by atoms with Crippen LogP contribution in [-0.4, -0.2) is 11.1 Å². The van der Waals surface area contributed by atoms with Gasteiger partial charge in [0.25, 0.3) is 0 Å². The van der Waals surface area contributed by atoms with E-state index in [-0.39, 0.29) is 0 Å². The maximum Gasteiger partial charge on any atom is 0.310 e. The Morgan fingerprint density at radius 3 is 2.62 bits per heavy atom. The van der Waals surface area contributed by atoms with Crippen LogP contribution in [0.4, 0.5) is 0 Å². The van der Waals surface area contributed by atoms with Crippen LogP contribution in [0.15, 0.2) is 53.1 Å². The van der Waals surface area contributed by atoms with Gasteiger partial charge in [0.1, 0.15) is 5.58 Å². The summed E-state index contributed by atoms with van der Waals surface area (Å²) in [5.74, 6) is -1.50. The van der Waals surface area contributed by atoms with E-state index in [1.54, 1.807) is 19.3 Å². The van der Waals surface area contributed by atoms with Crippen LogP contribution in [-0.2, 0) is 4.79 Å². The third-order valence-corrected chi connectivity index (χ3v) is 3.96. The highest BCUT2D eigenvalue weighted by Crippen LogP contribution is 2.37. The van der Waals surface area contributed by atoms with Gasteiger partial charge in [0.15, 0.2) is 0 Å². The Morgan fingerprint density at radius 2 is 1.90 bits per heavy atom. The lowest BCUT2D eigenvalue weighted by molar-refractivity contribution is -0.138. The molecule has 1 atom stereocenters. The van der Waals surface area contributed by atoms with Crippen molar-refractivity contribution in [1.29, 1.82) is 0 Å². The van der Waals surface area contributed by atoms with Crippen molar-refractivity contribution in [2.24, 2.45) is 0 Å². The van der Waals surface area contributed by atoms with Gasteiger partial charge in [-0.2, -0.15) is 0 Å². The molecule has 0 fully saturated rings. The number of para-hydroxylation sites is 1. The van der Waals surface area contributed by atoms with Crippen molar-refractivity contribution < 1.29 is 14.3 Å². The summed E-state index contributed by atoms with van der Waals surface area (Å²) >= 11 is 6.23. The van der Waals surface area contributed by atoms with Crippen LogP contribution in [0.5, 0.6) is 0 Å². The minimum absolute atomic E-state index is 0.599. The van der Waals surface area contributed by atoms with Crippen molar-refractivity contribution >= 4 is 28.5 Å². The number of carboxylic acid groups (broad SMARTS) is 1. The standard InChI is InChI=1S/C17H13ClO3/c1-10(17(19)20)11-6-4-7-13-14(9-21-16(11)13)12-5-2-3-8-15(12)18/h2-10H,1H3,(H,19,20)/t10-/m0/s1. The van der Waals surface area contributed by atoms with E-state index in [1.807, 2.05) is 36.4 Å². The SMILES string of the molecule is C[C@H](C(=O)O)c1cccc2c(-c3ccccc3Cl)coc12. The zero-order chi connectivity index (χ0) is 15.0. The van der Waals surface area contributed by atoms with Gasteiger partial charge in [-0.15, -0.1) is 0 Å². The number of rotatable bonds is 3. The van der Waals surface area contributed by atoms with E-state index in [0.717, 1.165) is 16.5 Å². The Labute approximate surface area is 126 Å². The normalized spacial score (nSPS) is 12.5. The number of furan rings is 1. The summed E-state index contributed by atoms with van der Waals surface area (Å²) in [5.41, 5.74) is 3.01. The first-order chi connectivity index (χ1) is 10.1. The second kappa shape index (κ2) is 5.26. The first-order valence-corrected chi connectivity index (χ1v) is 6.95. The molecule has 0 aliphatic carbocycles. The van der Waals surface area contributed by atoms with Gasteiger partial charge in [-0.1, -0.05) is 48.0 Å². The summed E-state index contributed by atoms with van der Waals surface area (Å²) in [6, 6.07) is 13.0. The van der Waals surface area contributed by atoms with Gasteiger partial charge >= 0.3 is 5.97 Å². The van der Waals surface area contributed by atoms with E-state index in [4.69, 9.17) is 16.0 Å². The molecular weight excluding hydrogens is 288 g/mol. The Hall–Kier alpha value is -2.26. The molecule has 0 amide bonds. The lowest BCUT2D eigenvalue weighted by atomic mass is 9.97. The number of benzene rings is 2. The maximum absolute atomic E-state index is 11.2. The number of aliphatic carboxylic acids is 1. The topological polar surface area (TPSA) is 50.4 Å². The summed E-state index contributed by atoms with van der Waals surface area (Å²) < 4.78 is 5.64. The molecule has 21 heavy (non-hydrogen) atoms. The van der Waals surface area contributed by atoms with Crippen LogP contribution in [0.25, 0.3) is 22.1 Å². The molecule has 3 nitrogen and oxygen atoms in total. The van der Waals surface area contributed by atoms with E-state index in [9.17, 15) is 9.90 Å². The monoisotopic (exact) mass is 300 g/mol.